The Bertz CT molecular complexity index is 1400. The van der Waals surface area contributed by atoms with Crippen molar-refractivity contribution < 1.29 is 23.8 Å². The molecule has 5 rings (SSSR count). The average Bonchev–Trinajstić information content (AvgIpc) is 2.89. The van der Waals surface area contributed by atoms with Crippen molar-refractivity contribution in [2.75, 3.05) is 0 Å². The van der Waals surface area contributed by atoms with E-state index in [1.54, 1.807) is 30.3 Å². The molecule has 2 heterocycles. The standard InChI is InChI=1S/C30H29NO6/c1-17(2)21-13-22-27(32)26-24(15-23(35-29(26)34)19-7-5-4-6-8-19)37-30(22,3)25(14-21)36-28(33)20-11-9-18(16-31)10-12-20/h4-12,15,17,21-22,25,27,32H,13-14H2,1-3H3. The number of nitrogens with zero attached hydrogens (tertiary/aromatic N) is 1. The normalized spacial score (nSPS) is 26.4. The summed E-state index contributed by atoms with van der Waals surface area (Å²) >= 11 is 0. The zero-order chi connectivity index (χ0) is 26.3. The molecule has 5 atom stereocenters. The van der Waals surface area contributed by atoms with Crippen LogP contribution in [0.3, 0.4) is 0 Å². The van der Waals surface area contributed by atoms with Crippen LogP contribution in [-0.2, 0) is 4.74 Å². The van der Waals surface area contributed by atoms with Gasteiger partial charge in [0.1, 0.15) is 28.8 Å². The number of rotatable bonds is 4. The first-order chi connectivity index (χ1) is 17.7. The van der Waals surface area contributed by atoms with Crippen molar-refractivity contribution in [3.63, 3.8) is 0 Å². The molecule has 2 aliphatic rings. The lowest BCUT2D eigenvalue weighted by molar-refractivity contribution is -0.170. The van der Waals surface area contributed by atoms with Crippen LogP contribution in [0.5, 0.6) is 5.75 Å². The van der Waals surface area contributed by atoms with Crippen LogP contribution in [0.25, 0.3) is 11.3 Å². The summed E-state index contributed by atoms with van der Waals surface area (Å²) in [7, 11) is 0. The second-order valence-corrected chi connectivity index (χ2v) is 10.4. The maximum Gasteiger partial charge on any atom is 0.345 e. The molecule has 3 aromatic rings. The van der Waals surface area contributed by atoms with Crippen LogP contribution in [0.15, 0.2) is 69.9 Å². The summed E-state index contributed by atoms with van der Waals surface area (Å²) in [5.41, 5.74) is -0.117. The third kappa shape index (κ3) is 4.42. The van der Waals surface area contributed by atoms with Crippen LogP contribution in [0.2, 0.25) is 0 Å². The second kappa shape index (κ2) is 9.53. The molecule has 1 saturated carbocycles. The van der Waals surface area contributed by atoms with Gasteiger partial charge in [-0.3, -0.25) is 0 Å². The zero-order valence-electron chi connectivity index (χ0n) is 21.0. The number of nitriles is 1. The first-order valence-corrected chi connectivity index (χ1v) is 12.5. The first-order valence-electron chi connectivity index (χ1n) is 12.5. The minimum Gasteiger partial charge on any atom is -0.482 e. The number of hydrogen-bond donors (Lipinski definition) is 1. The van der Waals surface area contributed by atoms with Gasteiger partial charge in [-0.05, 0) is 55.9 Å². The molecule has 0 saturated heterocycles. The van der Waals surface area contributed by atoms with E-state index in [2.05, 4.69) is 13.8 Å². The van der Waals surface area contributed by atoms with E-state index in [1.165, 1.54) is 0 Å². The molecule has 0 amide bonds. The number of carbonyl (C=O) groups is 1. The van der Waals surface area contributed by atoms with Gasteiger partial charge >= 0.3 is 11.6 Å². The molecule has 5 unspecified atom stereocenters. The summed E-state index contributed by atoms with van der Waals surface area (Å²) in [6, 6.07) is 19.1. The third-order valence-corrected chi connectivity index (χ3v) is 7.91. The average molecular weight is 500 g/mol. The van der Waals surface area contributed by atoms with E-state index in [0.717, 1.165) is 0 Å². The van der Waals surface area contributed by atoms with E-state index in [9.17, 15) is 14.7 Å². The molecule has 0 radical (unpaired) electrons. The maximum atomic E-state index is 13.1. The lowest BCUT2D eigenvalue weighted by Crippen LogP contribution is -2.61. The van der Waals surface area contributed by atoms with Crippen LogP contribution >= 0.6 is 0 Å². The van der Waals surface area contributed by atoms with Gasteiger partial charge in [0.25, 0.3) is 0 Å². The molecule has 0 spiro atoms. The van der Waals surface area contributed by atoms with Gasteiger partial charge in [0.05, 0.1) is 23.3 Å². The molecule has 2 aromatic carbocycles. The van der Waals surface area contributed by atoms with E-state index in [4.69, 9.17) is 19.2 Å². The van der Waals surface area contributed by atoms with E-state index < -0.39 is 35.3 Å². The van der Waals surface area contributed by atoms with Gasteiger partial charge in [-0.25, -0.2) is 9.59 Å². The Labute approximate surface area is 215 Å². The topological polar surface area (TPSA) is 110 Å². The van der Waals surface area contributed by atoms with Crippen molar-refractivity contribution in [1.29, 1.82) is 5.26 Å². The highest BCUT2D eigenvalue weighted by molar-refractivity contribution is 5.89. The highest BCUT2D eigenvalue weighted by Crippen LogP contribution is 2.53. The van der Waals surface area contributed by atoms with Crippen LogP contribution in [-0.4, -0.2) is 22.8 Å². The zero-order valence-corrected chi connectivity index (χ0v) is 21.0. The number of aliphatic hydroxyl groups is 1. The fraction of sp³-hybridized carbons (Fsp3) is 0.367. The summed E-state index contributed by atoms with van der Waals surface area (Å²) < 4.78 is 18.1. The van der Waals surface area contributed by atoms with Crippen molar-refractivity contribution >= 4 is 5.97 Å². The fourth-order valence-electron chi connectivity index (χ4n) is 5.59. The third-order valence-electron chi connectivity index (χ3n) is 7.91. The van der Waals surface area contributed by atoms with Crippen molar-refractivity contribution in [1.82, 2.24) is 0 Å². The monoisotopic (exact) mass is 499 g/mol. The Balaban J connectivity index is 1.53. The molecule has 1 aliphatic heterocycles. The van der Waals surface area contributed by atoms with Crippen LogP contribution < -0.4 is 10.4 Å². The minimum absolute atomic E-state index is 0.101. The summed E-state index contributed by atoms with van der Waals surface area (Å²) in [5.74, 6) is -0.0199. The van der Waals surface area contributed by atoms with E-state index >= 15 is 0 Å². The van der Waals surface area contributed by atoms with Gasteiger partial charge in [-0.1, -0.05) is 44.2 Å². The van der Waals surface area contributed by atoms with Crippen LogP contribution in [0.4, 0.5) is 0 Å². The Morgan fingerprint density at radius 1 is 1.14 bits per heavy atom. The molecule has 37 heavy (non-hydrogen) atoms. The molecule has 1 aromatic heterocycles. The molecule has 7 nitrogen and oxygen atoms in total. The second-order valence-electron chi connectivity index (χ2n) is 10.4. The molecular formula is C30H29NO6. The summed E-state index contributed by atoms with van der Waals surface area (Å²) in [5, 5.41) is 20.5. The predicted molar refractivity (Wildman–Crippen MR) is 136 cm³/mol. The van der Waals surface area contributed by atoms with Gasteiger partial charge in [-0.15, -0.1) is 0 Å². The Kier molecular flexibility index (Phi) is 6.38. The molecule has 7 heteroatoms. The van der Waals surface area contributed by atoms with Gasteiger partial charge < -0.3 is 19.0 Å². The van der Waals surface area contributed by atoms with E-state index in [-0.39, 0.29) is 23.1 Å². The Morgan fingerprint density at radius 3 is 2.49 bits per heavy atom. The first kappa shape index (κ1) is 24.8. The maximum absolute atomic E-state index is 13.1. The quantitative estimate of drug-likeness (QED) is 0.487. The number of aliphatic hydroxyl groups excluding tert-OH is 1. The molecular weight excluding hydrogens is 470 g/mol. The lowest BCUT2D eigenvalue weighted by Gasteiger charge is -2.53. The van der Waals surface area contributed by atoms with Gasteiger partial charge in [-0.2, -0.15) is 5.26 Å². The highest BCUT2D eigenvalue weighted by atomic mass is 16.6. The van der Waals surface area contributed by atoms with Crippen molar-refractivity contribution in [3.8, 4) is 23.1 Å². The van der Waals surface area contributed by atoms with Crippen molar-refractivity contribution in [2.24, 2.45) is 17.8 Å². The predicted octanol–water partition coefficient (Wildman–Crippen LogP) is 5.27. The van der Waals surface area contributed by atoms with Crippen LogP contribution in [0, 0.1) is 29.1 Å². The fourth-order valence-corrected chi connectivity index (χ4v) is 5.59. The van der Waals surface area contributed by atoms with Gasteiger partial charge in [0.2, 0.25) is 0 Å². The summed E-state index contributed by atoms with van der Waals surface area (Å²) in [4.78, 5) is 26.2. The largest absolute Gasteiger partial charge is 0.482 e. The Hall–Kier alpha value is -3.89. The molecule has 1 N–H and O–H groups in total. The molecule has 0 bridgehead atoms. The van der Waals surface area contributed by atoms with Crippen molar-refractivity contribution in [3.05, 3.63) is 87.8 Å². The van der Waals surface area contributed by atoms with Gasteiger partial charge in [0.15, 0.2) is 0 Å². The Morgan fingerprint density at radius 2 is 1.84 bits per heavy atom. The van der Waals surface area contributed by atoms with Crippen molar-refractivity contribution in [2.45, 2.75) is 51.4 Å². The highest BCUT2D eigenvalue weighted by Gasteiger charge is 2.58. The van der Waals surface area contributed by atoms with Crippen LogP contribution in [0.1, 0.15) is 61.2 Å². The lowest BCUT2D eigenvalue weighted by atomic mass is 9.63. The summed E-state index contributed by atoms with van der Waals surface area (Å²) in [6.45, 7) is 6.03. The van der Waals surface area contributed by atoms with E-state index in [0.29, 0.717) is 35.3 Å². The smallest absolute Gasteiger partial charge is 0.345 e. The number of benzene rings is 2. The van der Waals surface area contributed by atoms with Gasteiger partial charge in [0, 0.05) is 17.5 Å². The molecule has 1 fully saturated rings. The SMILES string of the molecule is CC(C)C1CC(OC(=O)c2ccc(C#N)cc2)C2(C)Oc3cc(-c4ccccc4)oc(=O)c3C(O)C2C1. The number of hydrogen-bond acceptors (Lipinski definition) is 7. The van der Waals surface area contributed by atoms with E-state index in [1.807, 2.05) is 43.3 Å². The number of carbonyl (C=O) groups excluding carboxylic acids is 1. The molecule has 1 aliphatic carbocycles. The number of fused-ring (bicyclic) bond motifs is 2. The number of ether oxygens (including phenoxy) is 2. The minimum atomic E-state index is -1.13. The molecule has 190 valence electrons. The number of esters is 1. The summed E-state index contributed by atoms with van der Waals surface area (Å²) in [6.07, 6.45) is -0.633.